The van der Waals surface area contributed by atoms with Crippen LogP contribution in [-0.4, -0.2) is 20.1 Å². The lowest BCUT2D eigenvalue weighted by atomic mass is 9.81. The van der Waals surface area contributed by atoms with Crippen LogP contribution >= 0.6 is 0 Å². The van der Waals surface area contributed by atoms with Crippen LogP contribution in [0, 0.1) is 11.8 Å². The van der Waals surface area contributed by atoms with Gasteiger partial charge in [-0.25, -0.2) is 13.1 Å². The van der Waals surface area contributed by atoms with Crippen LogP contribution in [0.2, 0.25) is 0 Å². The second kappa shape index (κ2) is 7.38. The van der Waals surface area contributed by atoms with Crippen LogP contribution in [-0.2, 0) is 22.4 Å². The second-order valence-corrected chi connectivity index (χ2v) is 7.91. The van der Waals surface area contributed by atoms with E-state index < -0.39 is 10.0 Å². The number of nitrogens with one attached hydrogen (secondary N) is 1. The molecule has 1 saturated carbocycles. The minimum absolute atomic E-state index is 0.0259. The van der Waals surface area contributed by atoms with E-state index in [-0.39, 0.29) is 12.4 Å². The zero-order valence-electron chi connectivity index (χ0n) is 12.6. The highest BCUT2D eigenvalue weighted by Gasteiger charge is 2.23. The van der Waals surface area contributed by atoms with Crippen LogP contribution in [0.3, 0.4) is 0 Å². The lowest BCUT2D eigenvalue weighted by Gasteiger charge is -2.28. The van der Waals surface area contributed by atoms with Gasteiger partial charge in [-0.3, -0.25) is 0 Å². The van der Waals surface area contributed by atoms with E-state index in [1.54, 1.807) is 24.3 Å². The molecule has 1 fully saturated rings. The van der Waals surface area contributed by atoms with E-state index in [2.05, 4.69) is 11.6 Å². The maximum absolute atomic E-state index is 12.2. The van der Waals surface area contributed by atoms with Gasteiger partial charge < -0.3 is 5.11 Å². The Balaban J connectivity index is 1.92. The molecule has 118 valence electrons. The Morgan fingerprint density at radius 2 is 1.95 bits per heavy atom. The second-order valence-electron chi connectivity index (χ2n) is 6.11. The zero-order valence-corrected chi connectivity index (χ0v) is 13.4. The predicted octanol–water partition coefficient (Wildman–Crippen LogP) is 2.42. The number of rotatable bonds is 6. The average Bonchev–Trinajstić information content (AvgIpc) is 2.46. The predicted molar refractivity (Wildman–Crippen MR) is 84.1 cm³/mol. The van der Waals surface area contributed by atoms with E-state index in [9.17, 15) is 8.42 Å². The topological polar surface area (TPSA) is 66.4 Å². The maximum atomic E-state index is 12.2. The van der Waals surface area contributed by atoms with E-state index in [0.717, 1.165) is 12.0 Å². The first-order valence-corrected chi connectivity index (χ1v) is 9.31. The summed E-state index contributed by atoms with van der Waals surface area (Å²) in [5.41, 5.74) is 1.45. The summed E-state index contributed by atoms with van der Waals surface area (Å²) in [5, 5.41) is 9.10. The minimum atomic E-state index is -3.31. The van der Waals surface area contributed by atoms with Gasteiger partial charge in [0.25, 0.3) is 0 Å². The van der Waals surface area contributed by atoms with Crippen molar-refractivity contribution in [2.24, 2.45) is 11.8 Å². The van der Waals surface area contributed by atoms with E-state index in [0.29, 0.717) is 23.9 Å². The molecule has 4 nitrogen and oxygen atoms in total. The summed E-state index contributed by atoms with van der Waals surface area (Å²) in [6.07, 6.45) is 4.78. The van der Waals surface area contributed by atoms with E-state index >= 15 is 0 Å². The van der Waals surface area contributed by atoms with Crippen LogP contribution in [0.5, 0.6) is 0 Å². The van der Waals surface area contributed by atoms with E-state index in [4.69, 9.17) is 5.11 Å². The SMILES string of the molecule is CC1CCCCC1CNS(=O)(=O)Cc1cccc(CO)c1. The van der Waals surface area contributed by atoms with Crippen LogP contribution in [0.1, 0.15) is 43.7 Å². The molecule has 0 aliphatic heterocycles. The zero-order chi connectivity index (χ0) is 15.3. The molecule has 1 aliphatic carbocycles. The van der Waals surface area contributed by atoms with Gasteiger partial charge >= 0.3 is 0 Å². The van der Waals surface area contributed by atoms with Gasteiger partial charge in [-0.2, -0.15) is 0 Å². The molecule has 0 aromatic heterocycles. The normalized spacial score (nSPS) is 23.1. The van der Waals surface area contributed by atoms with Gasteiger partial charge in [0.05, 0.1) is 12.4 Å². The van der Waals surface area contributed by atoms with Crippen LogP contribution in [0.25, 0.3) is 0 Å². The molecule has 2 rings (SSSR count). The van der Waals surface area contributed by atoms with Crippen molar-refractivity contribution in [3.63, 3.8) is 0 Å². The van der Waals surface area contributed by atoms with Gasteiger partial charge in [-0.05, 0) is 29.4 Å². The average molecular weight is 311 g/mol. The van der Waals surface area contributed by atoms with Crippen molar-refractivity contribution in [1.29, 1.82) is 0 Å². The highest BCUT2D eigenvalue weighted by molar-refractivity contribution is 7.88. The molecular formula is C16H25NO3S. The fraction of sp³-hybridized carbons (Fsp3) is 0.625. The summed E-state index contributed by atoms with van der Waals surface area (Å²) in [7, 11) is -3.31. The Morgan fingerprint density at radius 3 is 2.67 bits per heavy atom. The molecule has 0 heterocycles. The molecular weight excluding hydrogens is 286 g/mol. The van der Waals surface area contributed by atoms with E-state index in [1.807, 2.05) is 0 Å². The molecule has 2 unspecified atom stereocenters. The van der Waals surface area contributed by atoms with Gasteiger partial charge in [-0.15, -0.1) is 0 Å². The fourth-order valence-corrected chi connectivity index (χ4v) is 4.21. The molecule has 0 saturated heterocycles. The third-order valence-corrected chi connectivity index (χ3v) is 5.71. The summed E-state index contributed by atoms with van der Waals surface area (Å²) >= 11 is 0. The first-order valence-electron chi connectivity index (χ1n) is 7.66. The molecule has 1 aromatic rings. The lowest BCUT2D eigenvalue weighted by molar-refractivity contribution is 0.257. The Hall–Kier alpha value is -0.910. The molecule has 21 heavy (non-hydrogen) atoms. The van der Waals surface area contributed by atoms with Crippen molar-refractivity contribution in [2.45, 2.75) is 45.0 Å². The first kappa shape index (κ1) is 16.5. The van der Waals surface area contributed by atoms with Crippen LogP contribution in [0.4, 0.5) is 0 Å². The Kier molecular flexibility index (Phi) is 5.79. The molecule has 1 aromatic carbocycles. The lowest BCUT2D eigenvalue weighted by Crippen LogP contribution is -2.34. The third kappa shape index (κ3) is 5.09. The summed E-state index contributed by atoms with van der Waals surface area (Å²) in [4.78, 5) is 0. The molecule has 2 N–H and O–H groups in total. The summed E-state index contributed by atoms with van der Waals surface area (Å²) < 4.78 is 27.1. The Bertz CT molecular complexity index is 556. The molecule has 0 spiro atoms. The molecule has 2 atom stereocenters. The van der Waals surface area contributed by atoms with Crippen molar-refractivity contribution >= 4 is 10.0 Å². The van der Waals surface area contributed by atoms with Crippen LogP contribution < -0.4 is 4.72 Å². The van der Waals surface area contributed by atoms with Gasteiger partial charge in [0.2, 0.25) is 10.0 Å². The van der Waals surface area contributed by atoms with Crippen LogP contribution in [0.15, 0.2) is 24.3 Å². The summed E-state index contributed by atoms with van der Waals surface area (Å²) in [6, 6.07) is 7.08. The van der Waals surface area contributed by atoms with Crippen molar-refractivity contribution < 1.29 is 13.5 Å². The number of hydrogen-bond donors (Lipinski definition) is 2. The number of hydrogen-bond acceptors (Lipinski definition) is 3. The minimum Gasteiger partial charge on any atom is -0.392 e. The molecule has 0 amide bonds. The quantitative estimate of drug-likeness (QED) is 0.848. The van der Waals surface area contributed by atoms with Gasteiger partial charge in [0.1, 0.15) is 0 Å². The highest BCUT2D eigenvalue weighted by Crippen LogP contribution is 2.29. The highest BCUT2D eigenvalue weighted by atomic mass is 32.2. The number of sulfonamides is 1. The molecule has 0 radical (unpaired) electrons. The summed E-state index contributed by atoms with van der Waals surface area (Å²) in [6.45, 7) is 2.69. The number of benzene rings is 1. The number of aliphatic hydroxyl groups excluding tert-OH is 1. The third-order valence-electron chi connectivity index (χ3n) is 4.39. The molecule has 1 aliphatic rings. The molecule has 5 heteroatoms. The Labute approximate surface area is 127 Å². The maximum Gasteiger partial charge on any atom is 0.215 e. The van der Waals surface area contributed by atoms with Gasteiger partial charge in [0, 0.05) is 6.54 Å². The van der Waals surface area contributed by atoms with Crippen molar-refractivity contribution in [3.8, 4) is 0 Å². The monoisotopic (exact) mass is 311 g/mol. The largest absolute Gasteiger partial charge is 0.392 e. The van der Waals surface area contributed by atoms with Gasteiger partial charge in [-0.1, -0.05) is 50.5 Å². The van der Waals surface area contributed by atoms with Gasteiger partial charge in [0.15, 0.2) is 0 Å². The van der Waals surface area contributed by atoms with E-state index in [1.165, 1.54) is 19.3 Å². The Morgan fingerprint density at radius 1 is 1.24 bits per heavy atom. The standard InChI is InChI=1S/C16H25NO3S/c1-13-5-2-3-8-16(13)10-17-21(19,20)12-15-7-4-6-14(9-15)11-18/h4,6-7,9,13,16-18H,2-3,5,8,10-12H2,1H3. The van der Waals surface area contributed by atoms with Crippen molar-refractivity contribution in [1.82, 2.24) is 4.72 Å². The van der Waals surface area contributed by atoms with Crippen molar-refractivity contribution in [3.05, 3.63) is 35.4 Å². The first-order chi connectivity index (χ1) is 10.00. The van der Waals surface area contributed by atoms with Crippen molar-refractivity contribution in [2.75, 3.05) is 6.54 Å². The number of aliphatic hydroxyl groups is 1. The summed E-state index contributed by atoms with van der Waals surface area (Å²) in [5.74, 6) is 1.03. The molecule has 0 bridgehead atoms. The smallest absolute Gasteiger partial charge is 0.215 e. The fourth-order valence-electron chi connectivity index (χ4n) is 3.02.